The molecule has 1 atom stereocenters. The Bertz CT molecular complexity index is 544. The van der Waals surface area contributed by atoms with E-state index in [4.69, 9.17) is 23.2 Å². The smallest absolute Gasteiger partial charge is 0.166 e. The zero-order chi connectivity index (χ0) is 14.0. The molecule has 0 spiro atoms. The van der Waals surface area contributed by atoms with Crippen LogP contribution in [0.1, 0.15) is 22.1 Å². The van der Waals surface area contributed by atoms with E-state index in [-0.39, 0.29) is 0 Å². The largest absolute Gasteiger partial charge is 0.416 e. The molecule has 2 aromatic carbocycles. The Labute approximate surface area is 118 Å². The van der Waals surface area contributed by atoms with Gasteiger partial charge in [0.15, 0.2) is 0 Å². The highest BCUT2D eigenvalue weighted by atomic mass is 35.5. The van der Waals surface area contributed by atoms with Crippen LogP contribution in [0.3, 0.4) is 0 Å². The summed E-state index contributed by atoms with van der Waals surface area (Å²) in [6.07, 6.45) is -4.33. The van der Waals surface area contributed by atoms with Crippen LogP contribution in [0.25, 0.3) is 0 Å². The first-order valence-corrected chi connectivity index (χ1v) is 6.26. The lowest BCUT2D eigenvalue weighted by molar-refractivity contribution is -0.137. The summed E-state index contributed by atoms with van der Waals surface area (Å²) in [6, 6.07) is 11.7. The number of rotatable bonds is 2. The predicted octanol–water partition coefficient (Wildman–Crippen LogP) is 5.69. The van der Waals surface area contributed by atoms with Gasteiger partial charge in [-0.05, 0) is 35.4 Å². The molecule has 0 aromatic heterocycles. The van der Waals surface area contributed by atoms with Gasteiger partial charge < -0.3 is 0 Å². The van der Waals surface area contributed by atoms with Crippen LogP contribution in [-0.4, -0.2) is 0 Å². The summed E-state index contributed by atoms with van der Waals surface area (Å²) in [5, 5.41) is 0.0830. The molecule has 2 aromatic rings. The van der Waals surface area contributed by atoms with Gasteiger partial charge in [-0.3, -0.25) is 0 Å². The fourth-order valence-electron chi connectivity index (χ4n) is 1.67. The lowest BCUT2D eigenvalue weighted by Crippen LogP contribution is -2.05. The van der Waals surface area contributed by atoms with E-state index in [0.717, 1.165) is 17.7 Å². The molecular weight excluding hydrogens is 296 g/mol. The molecule has 0 nitrogen and oxygen atoms in total. The first kappa shape index (κ1) is 14.2. The molecule has 0 N–H and O–H groups in total. The minimum absolute atomic E-state index is 0.500. The molecule has 0 aliphatic carbocycles. The Morgan fingerprint density at radius 3 is 1.63 bits per heavy atom. The maximum absolute atomic E-state index is 12.4. The van der Waals surface area contributed by atoms with Crippen LogP contribution in [0.2, 0.25) is 5.02 Å². The van der Waals surface area contributed by atoms with Gasteiger partial charge in [0.25, 0.3) is 0 Å². The van der Waals surface area contributed by atoms with Crippen LogP contribution < -0.4 is 0 Å². The standard InChI is InChI=1S/C14H9Cl2F3/c15-12-7-3-10(4-8-12)13(16)9-1-5-11(6-2-9)14(17,18)19/h1-8,13H. The lowest BCUT2D eigenvalue weighted by atomic mass is 10.0. The average Bonchev–Trinajstić information content (AvgIpc) is 2.38. The van der Waals surface area contributed by atoms with Crippen molar-refractivity contribution in [1.82, 2.24) is 0 Å². The van der Waals surface area contributed by atoms with Gasteiger partial charge >= 0.3 is 6.18 Å². The van der Waals surface area contributed by atoms with Crippen LogP contribution in [0.4, 0.5) is 13.2 Å². The van der Waals surface area contributed by atoms with Crippen LogP contribution in [-0.2, 0) is 6.18 Å². The molecule has 100 valence electrons. The molecule has 19 heavy (non-hydrogen) atoms. The Hall–Kier alpha value is -1.19. The summed E-state index contributed by atoms with van der Waals surface area (Å²) < 4.78 is 37.3. The Morgan fingerprint density at radius 1 is 0.789 bits per heavy atom. The summed E-state index contributed by atoms with van der Waals surface area (Å²) in [7, 11) is 0. The molecule has 0 amide bonds. The molecule has 2 rings (SSSR count). The molecule has 0 saturated heterocycles. The SMILES string of the molecule is FC(F)(F)c1ccc(C(Cl)c2ccc(Cl)cc2)cc1. The summed E-state index contributed by atoms with van der Waals surface area (Å²) in [4.78, 5) is 0. The van der Waals surface area contributed by atoms with Crippen molar-refractivity contribution in [2.24, 2.45) is 0 Å². The molecular formula is C14H9Cl2F3. The number of halogens is 5. The van der Waals surface area contributed by atoms with Gasteiger partial charge in [0.05, 0.1) is 10.9 Å². The maximum Gasteiger partial charge on any atom is 0.416 e. The summed E-state index contributed by atoms with van der Waals surface area (Å²) in [5.74, 6) is 0. The van der Waals surface area contributed by atoms with Crippen molar-refractivity contribution in [3.05, 3.63) is 70.2 Å². The van der Waals surface area contributed by atoms with E-state index < -0.39 is 17.1 Å². The number of alkyl halides is 4. The van der Waals surface area contributed by atoms with Crippen molar-refractivity contribution < 1.29 is 13.2 Å². The minimum atomic E-state index is -4.33. The fourth-order valence-corrected chi connectivity index (χ4v) is 2.08. The molecule has 1 unspecified atom stereocenters. The summed E-state index contributed by atoms with van der Waals surface area (Å²) >= 11 is 12.0. The molecule has 0 fully saturated rings. The Morgan fingerprint density at radius 2 is 1.21 bits per heavy atom. The van der Waals surface area contributed by atoms with E-state index >= 15 is 0 Å². The normalized spacial score (nSPS) is 13.3. The topological polar surface area (TPSA) is 0 Å². The molecule has 5 heteroatoms. The van der Waals surface area contributed by atoms with Crippen molar-refractivity contribution in [2.45, 2.75) is 11.6 Å². The van der Waals surface area contributed by atoms with Crippen LogP contribution in [0, 0.1) is 0 Å². The van der Waals surface area contributed by atoms with E-state index in [1.165, 1.54) is 12.1 Å². The Balaban J connectivity index is 2.25. The van der Waals surface area contributed by atoms with Gasteiger partial charge in [0.2, 0.25) is 0 Å². The van der Waals surface area contributed by atoms with E-state index in [1.54, 1.807) is 24.3 Å². The molecule has 0 aliphatic heterocycles. The molecule has 0 aliphatic rings. The van der Waals surface area contributed by atoms with Crippen LogP contribution in [0.15, 0.2) is 48.5 Å². The highest BCUT2D eigenvalue weighted by Crippen LogP contribution is 2.33. The molecule has 0 bridgehead atoms. The highest BCUT2D eigenvalue weighted by Gasteiger charge is 2.30. The molecule has 0 radical (unpaired) electrons. The zero-order valence-electron chi connectivity index (χ0n) is 9.59. The second-order valence-corrected chi connectivity index (χ2v) is 4.91. The second kappa shape index (κ2) is 5.43. The van der Waals surface area contributed by atoms with Gasteiger partial charge in [-0.1, -0.05) is 35.9 Å². The molecule has 0 heterocycles. The van der Waals surface area contributed by atoms with Gasteiger partial charge in [-0.15, -0.1) is 11.6 Å². The fraction of sp³-hybridized carbons (Fsp3) is 0.143. The zero-order valence-corrected chi connectivity index (χ0v) is 11.1. The van der Waals surface area contributed by atoms with Crippen molar-refractivity contribution in [3.63, 3.8) is 0 Å². The highest BCUT2D eigenvalue weighted by molar-refractivity contribution is 6.30. The quantitative estimate of drug-likeness (QED) is 0.625. The van der Waals surface area contributed by atoms with Gasteiger partial charge in [0, 0.05) is 5.02 Å². The van der Waals surface area contributed by atoms with Gasteiger partial charge in [-0.2, -0.15) is 13.2 Å². The summed E-state index contributed by atoms with van der Waals surface area (Å²) in [5.41, 5.74) is 0.707. The van der Waals surface area contributed by atoms with Gasteiger partial charge in [-0.25, -0.2) is 0 Å². The third-order valence-electron chi connectivity index (χ3n) is 2.69. The Kier molecular flexibility index (Phi) is 4.07. The number of hydrogen-bond donors (Lipinski definition) is 0. The van der Waals surface area contributed by atoms with E-state index in [1.807, 2.05) is 0 Å². The number of hydrogen-bond acceptors (Lipinski definition) is 0. The first-order chi connectivity index (χ1) is 8.88. The van der Waals surface area contributed by atoms with Crippen LogP contribution in [0.5, 0.6) is 0 Å². The van der Waals surface area contributed by atoms with Crippen molar-refractivity contribution in [3.8, 4) is 0 Å². The second-order valence-electron chi connectivity index (χ2n) is 4.03. The molecule has 0 saturated carbocycles. The van der Waals surface area contributed by atoms with Crippen molar-refractivity contribution in [1.29, 1.82) is 0 Å². The minimum Gasteiger partial charge on any atom is -0.166 e. The van der Waals surface area contributed by atoms with Crippen molar-refractivity contribution >= 4 is 23.2 Å². The lowest BCUT2D eigenvalue weighted by Gasteiger charge is -2.12. The van der Waals surface area contributed by atoms with E-state index in [9.17, 15) is 13.2 Å². The monoisotopic (exact) mass is 304 g/mol. The van der Waals surface area contributed by atoms with Crippen LogP contribution >= 0.6 is 23.2 Å². The predicted molar refractivity (Wildman–Crippen MR) is 70.6 cm³/mol. The summed E-state index contributed by atoms with van der Waals surface area (Å²) in [6.45, 7) is 0. The first-order valence-electron chi connectivity index (χ1n) is 5.44. The number of benzene rings is 2. The van der Waals surface area contributed by atoms with Gasteiger partial charge in [0.1, 0.15) is 0 Å². The van der Waals surface area contributed by atoms with Crippen molar-refractivity contribution in [2.75, 3.05) is 0 Å². The maximum atomic E-state index is 12.4. The van der Waals surface area contributed by atoms with E-state index in [2.05, 4.69) is 0 Å². The van der Waals surface area contributed by atoms with E-state index in [0.29, 0.717) is 10.6 Å². The third kappa shape index (κ3) is 3.43. The average molecular weight is 305 g/mol. The third-order valence-corrected chi connectivity index (χ3v) is 3.45.